The van der Waals surface area contributed by atoms with E-state index in [0.717, 1.165) is 12.0 Å². The molecule has 0 spiro atoms. The van der Waals surface area contributed by atoms with Crippen LogP contribution in [0.5, 0.6) is 11.5 Å². The highest BCUT2D eigenvalue weighted by Crippen LogP contribution is 2.33. The quantitative estimate of drug-likeness (QED) is 0.828. The molecule has 2 aromatic rings. The number of rotatable bonds is 6. The maximum absolute atomic E-state index is 12.3. The van der Waals surface area contributed by atoms with Crippen molar-refractivity contribution in [3.63, 3.8) is 0 Å². The van der Waals surface area contributed by atoms with Crippen LogP contribution in [0.3, 0.4) is 0 Å². The molecule has 0 saturated carbocycles. The number of para-hydroxylation sites is 2. The lowest BCUT2D eigenvalue weighted by Crippen LogP contribution is -2.51. The van der Waals surface area contributed by atoms with Gasteiger partial charge in [-0.2, -0.15) is 0 Å². The van der Waals surface area contributed by atoms with Gasteiger partial charge in [0.05, 0.1) is 6.54 Å². The molecule has 6 heteroatoms. The van der Waals surface area contributed by atoms with Gasteiger partial charge in [0.1, 0.15) is 6.10 Å². The van der Waals surface area contributed by atoms with E-state index in [2.05, 4.69) is 10.6 Å². The summed E-state index contributed by atoms with van der Waals surface area (Å²) in [6.45, 7) is 2.19. The highest BCUT2D eigenvalue weighted by molar-refractivity contribution is 5.87. The van der Waals surface area contributed by atoms with Crippen molar-refractivity contribution in [2.75, 3.05) is 13.1 Å². The molecule has 0 radical (unpaired) electrons. The molecule has 0 aliphatic carbocycles. The van der Waals surface area contributed by atoms with Crippen LogP contribution in [-0.4, -0.2) is 37.1 Å². The third-order valence-electron chi connectivity index (χ3n) is 4.10. The third kappa shape index (κ3) is 4.53. The van der Waals surface area contributed by atoms with Gasteiger partial charge in [-0.3, -0.25) is 9.59 Å². The number of carbonyl (C=O) groups excluding carboxylic acids is 2. The summed E-state index contributed by atoms with van der Waals surface area (Å²) in [5, 5.41) is 5.40. The Morgan fingerprint density at radius 1 is 0.923 bits per heavy atom. The molecule has 0 saturated heterocycles. The molecule has 0 unspecified atom stereocenters. The molecule has 3 rings (SSSR count). The zero-order valence-corrected chi connectivity index (χ0v) is 14.6. The average Bonchev–Trinajstić information content (AvgIpc) is 2.66. The van der Waals surface area contributed by atoms with Gasteiger partial charge in [-0.25, -0.2) is 0 Å². The van der Waals surface area contributed by atoms with E-state index in [-0.39, 0.29) is 18.4 Å². The fourth-order valence-electron chi connectivity index (χ4n) is 2.73. The molecule has 1 aliphatic heterocycles. The van der Waals surface area contributed by atoms with Crippen LogP contribution in [0.2, 0.25) is 0 Å². The van der Waals surface area contributed by atoms with E-state index in [1.165, 1.54) is 0 Å². The zero-order chi connectivity index (χ0) is 18.4. The Balaban J connectivity index is 1.43. The van der Waals surface area contributed by atoms with Crippen molar-refractivity contribution in [3.8, 4) is 11.5 Å². The standard InChI is InChI=1S/C20H22N2O4/c1-14-19(26-17-10-6-5-9-16(17)25-14)20(24)22-13-18(23)21-12-11-15-7-3-2-4-8-15/h2-10,14,19H,11-13H2,1H3,(H,21,23)(H,22,24)/t14-,19+/m0/s1. The summed E-state index contributed by atoms with van der Waals surface area (Å²) in [5.41, 5.74) is 1.15. The van der Waals surface area contributed by atoms with Crippen LogP contribution in [0.4, 0.5) is 0 Å². The van der Waals surface area contributed by atoms with E-state index >= 15 is 0 Å². The van der Waals surface area contributed by atoms with Crippen molar-refractivity contribution in [1.82, 2.24) is 10.6 Å². The number of fused-ring (bicyclic) bond motifs is 1. The third-order valence-corrected chi connectivity index (χ3v) is 4.10. The monoisotopic (exact) mass is 354 g/mol. The van der Waals surface area contributed by atoms with Crippen molar-refractivity contribution in [2.24, 2.45) is 0 Å². The van der Waals surface area contributed by atoms with E-state index < -0.39 is 12.2 Å². The second-order valence-electron chi connectivity index (χ2n) is 6.11. The predicted octanol–water partition coefficient (Wildman–Crippen LogP) is 1.69. The van der Waals surface area contributed by atoms with Gasteiger partial charge in [-0.05, 0) is 31.0 Å². The minimum absolute atomic E-state index is 0.0954. The molecule has 2 atom stereocenters. The molecule has 2 aromatic carbocycles. The molecule has 26 heavy (non-hydrogen) atoms. The van der Waals surface area contributed by atoms with Crippen LogP contribution >= 0.6 is 0 Å². The Hall–Kier alpha value is -3.02. The van der Waals surface area contributed by atoms with Gasteiger partial charge in [0.15, 0.2) is 11.5 Å². The molecular formula is C20H22N2O4. The molecule has 2 amide bonds. The number of benzene rings is 2. The largest absolute Gasteiger partial charge is 0.482 e. The summed E-state index contributed by atoms with van der Waals surface area (Å²) in [7, 11) is 0. The van der Waals surface area contributed by atoms with E-state index in [1.54, 1.807) is 19.1 Å². The minimum Gasteiger partial charge on any atom is -0.482 e. The van der Waals surface area contributed by atoms with Crippen LogP contribution in [0.15, 0.2) is 54.6 Å². The van der Waals surface area contributed by atoms with Crippen molar-refractivity contribution >= 4 is 11.8 Å². The summed E-state index contributed by atoms with van der Waals surface area (Å²) in [6, 6.07) is 17.1. The van der Waals surface area contributed by atoms with Gasteiger partial charge < -0.3 is 20.1 Å². The fraction of sp³-hybridized carbons (Fsp3) is 0.300. The van der Waals surface area contributed by atoms with Crippen molar-refractivity contribution < 1.29 is 19.1 Å². The summed E-state index contributed by atoms with van der Waals surface area (Å²) in [4.78, 5) is 24.2. The van der Waals surface area contributed by atoms with E-state index in [1.807, 2.05) is 42.5 Å². The van der Waals surface area contributed by atoms with E-state index in [9.17, 15) is 9.59 Å². The summed E-state index contributed by atoms with van der Waals surface area (Å²) in [5.74, 6) is 0.532. The second-order valence-corrected chi connectivity index (χ2v) is 6.11. The Morgan fingerprint density at radius 3 is 2.31 bits per heavy atom. The Labute approximate surface area is 152 Å². The summed E-state index contributed by atoms with van der Waals surface area (Å²) >= 11 is 0. The normalized spacial score (nSPS) is 18.0. The summed E-state index contributed by atoms with van der Waals surface area (Å²) < 4.78 is 11.4. The maximum atomic E-state index is 12.3. The van der Waals surface area contributed by atoms with Gasteiger partial charge in [-0.1, -0.05) is 42.5 Å². The van der Waals surface area contributed by atoms with Gasteiger partial charge >= 0.3 is 0 Å². The molecule has 0 fully saturated rings. The average molecular weight is 354 g/mol. The number of nitrogens with one attached hydrogen (secondary N) is 2. The number of carbonyl (C=O) groups is 2. The molecule has 6 nitrogen and oxygen atoms in total. The van der Waals surface area contributed by atoms with E-state index in [0.29, 0.717) is 18.0 Å². The van der Waals surface area contributed by atoms with Gasteiger partial charge in [-0.15, -0.1) is 0 Å². The Bertz CT molecular complexity index is 763. The number of hydrogen-bond acceptors (Lipinski definition) is 4. The zero-order valence-electron chi connectivity index (χ0n) is 14.6. The molecule has 1 aliphatic rings. The number of amides is 2. The molecular weight excluding hydrogens is 332 g/mol. The maximum Gasteiger partial charge on any atom is 0.265 e. The Kier molecular flexibility index (Phi) is 5.73. The molecule has 1 heterocycles. The summed E-state index contributed by atoms with van der Waals surface area (Å²) in [6.07, 6.45) is -0.485. The Morgan fingerprint density at radius 2 is 1.58 bits per heavy atom. The minimum atomic E-state index is -0.790. The van der Waals surface area contributed by atoms with Crippen LogP contribution in [0, 0.1) is 0 Å². The first-order chi connectivity index (χ1) is 12.6. The number of hydrogen-bond donors (Lipinski definition) is 2. The molecule has 2 N–H and O–H groups in total. The lowest BCUT2D eigenvalue weighted by atomic mass is 10.1. The first kappa shape index (κ1) is 17.8. The lowest BCUT2D eigenvalue weighted by molar-refractivity contribution is -0.135. The van der Waals surface area contributed by atoms with Crippen molar-refractivity contribution in [2.45, 2.75) is 25.6 Å². The second kappa shape index (κ2) is 8.38. The SMILES string of the molecule is C[C@@H]1Oc2ccccc2O[C@H]1C(=O)NCC(=O)NCCc1ccccc1. The van der Waals surface area contributed by atoms with Crippen LogP contribution in [0.25, 0.3) is 0 Å². The van der Waals surface area contributed by atoms with Crippen molar-refractivity contribution in [1.29, 1.82) is 0 Å². The fourth-order valence-corrected chi connectivity index (χ4v) is 2.73. The first-order valence-corrected chi connectivity index (χ1v) is 8.64. The lowest BCUT2D eigenvalue weighted by Gasteiger charge is -2.30. The number of ether oxygens (including phenoxy) is 2. The van der Waals surface area contributed by atoms with Crippen LogP contribution in [-0.2, 0) is 16.0 Å². The molecule has 136 valence electrons. The molecule has 0 aromatic heterocycles. The van der Waals surface area contributed by atoms with Crippen LogP contribution in [0.1, 0.15) is 12.5 Å². The highest BCUT2D eigenvalue weighted by Gasteiger charge is 2.34. The predicted molar refractivity (Wildman–Crippen MR) is 97.1 cm³/mol. The van der Waals surface area contributed by atoms with Gasteiger partial charge in [0.25, 0.3) is 5.91 Å². The van der Waals surface area contributed by atoms with Gasteiger partial charge in [0, 0.05) is 6.54 Å². The highest BCUT2D eigenvalue weighted by atomic mass is 16.6. The molecule has 0 bridgehead atoms. The van der Waals surface area contributed by atoms with Crippen LogP contribution < -0.4 is 20.1 Å². The smallest absolute Gasteiger partial charge is 0.265 e. The van der Waals surface area contributed by atoms with E-state index in [4.69, 9.17) is 9.47 Å². The topological polar surface area (TPSA) is 76.7 Å². The van der Waals surface area contributed by atoms with Gasteiger partial charge in [0.2, 0.25) is 12.0 Å². The van der Waals surface area contributed by atoms with Crippen molar-refractivity contribution in [3.05, 3.63) is 60.2 Å². The first-order valence-electron chi connectivity index (χ1n) is 8.64.